The Morgan fingerprint density at radius 3 is 2.48 bits per heavy atom. The molecule has 0 aliphatic carbocycles. The van der Waals surface area contributed by atoms with Gasteiger partial charge in [0.15, 0.2) is 0 Å². The van der Waals surface area contributed by atoms with Gasteiger partial charge in [0.2, 0.25) is 5.91 Å². The Hall–Kier alpha value is -2.11. The van der Waals surface area contributed by atoms with Gasteiger partial charge in [-0.25, -0.2) is 4.79 Å². The molecule has 128 valence electrons. The van der Waals surface area contributed by atoms with Gasteiger partial charge < -0.3 is 15.4 Å². The smallest absolute Gasteiger partial charge is 0.408 e. The maximum Gasteiger partial charge on any atom is 0.408 e. The molecule has 0 aromatic carbocycles. The molecule has 0 bridgehead atoms. The van der Waals surface area contributed by atoms with Crippen molar-refractivity contribution in [3.63, 3.8) is 0 Å². The van der Waals surface area contributed by atoms with Gasteiger partial charge in [0, 0.05) is 6.20 Å². The van der Waals surface area contributed by atoms with E-state index < -0.39 is 17.7 Å². The van der Waals surface area contributed by atoms with Crippen molar-refractivity contribution in [2.45, 2.75) is 59.2 Å². The molecule has 23 heavy (non-hydrogen) atoms. The number of rotatable bonds is 6. The van der Waals surface area contributed by atoms with Crippen molar-refractivity contribution in [3.05, 3.63) is 30.1 Å². The topological polar surface area (TPSA) is 80.3 Å². The number of ether oxygens (including phenoxy) is 1. The van der Waals surface area contributed by atoms with Crippen molar-refractivity contribution in [2.24, 2.45) is 5.92 Å². The number of alkyl carbamates (subject to hydrolysis) is 1. The normalized spacial score (nSPS) is 12.6. The minimum absolute atomic E-state index is 0.241. The molecule has 6 heteroatoms. The first-order chi connectivity index (χ1) is 10.7. The molecule has 0 radical (unpaired) electrons. The van der Waals surface area contributed by atoms with E-state index in [0.29, 0.717) is 13.0 Å². The molecule has 1 aromatic rings. The monoisotopic (exact) mass is 321 g/mol. The van der Waals surface area contributed by atoms with Crippen LogP contribution in [0.5, 0.6) is 0 Å². The van der Waals surface area contributed by atoms with Crippen LogP contribution in [-0.4, -0.2) is 28.6 Å². The highest BCUT2D eigenvalue weighted by Crippen LogP contribution is 2.09. The minimum atomic E-state index is -0.631. The molecule has 1 atom stereocenters. The highest BCUT2D eigenvalue weighted by molar-refractivity contribution is 5.85. The number of carbonyl (C=O) groups is 2. The molecule has 0 fully saturated rings. The summed E-state index contributed by atoms with van der Waals surface area (Å²) in [6, 6.07) is 4.88. The number of nitrogens with zero attached hydrogens (tertiary/aromatic N) is 1. The van der Waals surface area contributed by atoms with Crippen LogP contribution in [0, 0.1) is 5.92 Å². The number of hydrogen-bond donors (Lipinski definition) is 2. The summed E-state index contributed by atoms with van der Waals surface area (Å²) < 4.78 is 5.22. The van der Waals surface area contributed by atoms with Gasteiger partial charge in [0.25, 0.3) is 0 Å². The van der Waals surface area contributed by atoms with Gasteiger partial charge >= 0.3 is 6.09 Å². The van der Waals surface area contributed by atoms with Gasteiger partial charge in [-0.2, -0.15) is 0 Å². The van der Waals surface area contributed by atoms with Crippen molar-refractivity contribution in [2.75, 3.05) is 0 Å². The first kappa shape index (κ1) is 18.9. The highest BCUT2D eigenvalue weighted by Gasteiger charge is 2.24. The van der Waals surface area contributed by atoms with Gasteiger partial charge in [-0.1, -0.05) is 19.9 Å². The Bertz CT molecular complexity index is 510. The van der Waals surface area contributed by atoms with Crippen molar-refractivity contribution in [3.8, 4) is 0 Å². The molecule has 1 unspecified atom stereocenters. The standard InChI is InChI=1S/C17H27N3O3/c1-12(2)10-14(20-16(22)23-17(3,4)5)15(21)19-11-13-8-6-7-9-18-13/h6-9,12,14H,10-11H2,1-5H3,(H,19,21)(H,20,22). The zero-order valence-corrected chi connectivity index (χ0v) is 14.6. The summed E-state index contributed by atoms with van der Waals surface area (Å²) in [6.07, 6.45) is 1.62. The Kier molecular flexibility index (Phi) is 7.00. The highest BCUT2D eigenvalue weighted by atomic mass is 16.6. The molecule has 2 amide bonds. The fourth-order valence-electron chi connectivity index (χ4n) is 1.96. The second-order valence-corrected chi connectivity index (χ2v) is 6.87. The Morgan fingerprint density at radius 1 is 1.26 bits per heavy atom. The largest absolute Gasteiger partial charge is 0.444 e. The average Bonchev–Trinajstić information content (AvgIpc) is 2.42. The number of pyridine rings is 1. The zero-order chi connectivity index (χ0) is 17.5. The fraction of sp³-hybridized carbons (Fsp3) is 0.588. The summed E-state index contributed by atoms with van der Waals surface area (Å²) in [5, 5.41) is 5.45. The maximum atomic E-state index is 12.3. The van der Waals surface area contributed by atoms with Crippen LogP contribution >= 0.6 is 0 Å². The quantitative estimate of drug-likeness (QED) is 0.844. The number of nitrogens with one attached hydrogen (secondary N) is 2. The fourth-order valence-corrected chi connectivity index (χ4v) is 1.96. The first-order valence-electron chi connectivity index (χ1n) is 7.84. The van der Waals surface area contributed by atoms with Crippen molar-refractivity contribution >= 4 is 12.0 Å². The van der Waals surface area contributed by atoms with Crippen molar-refractivity contribution < 1.29 is 14.3 Å². The van der Waals surface area contributed by atoms with Crippen molar-refractivity contribution in [1.82, 2.24) is 15.6 Å². The van der Waals surface area contributed by atoms with Crippen LogP contribution in [-0.2, 0) is 16.1 Å². The van der Waals surface area contributed by atoms with E-state index in [1.807, 2.05) is 32.0 Å². The van der Waals surface area contributed by atoms with Crippen LogP contribution in [0.1, 0.15) is 46.7 Å². The summed E-state index contributed by atoms with van der Waals surface area (Å²) in [5.74, 6) is 0.0192. The third kappa shape index (κ3) is 8.18. The SMILES string of the molecule is CC(C)CC(NC(=O)OC(C)(C)C)C(=O)NCc1ccccn1. The molecular formula is C17H27N3O3. The molecule has 0 aliphatic heterocycles. The van der Waals surface area contributed by atoms with Crippen LogP contribution in [0.2, 0.25) is 0 Å². The van der Waals surface area contributed by atoms with Crippen LogP contribution in [0.4, 0.5) is 4.79 Å². The lowest BCUT2D eigenvalue weighted by Gasteiger charge is -2.24. The van der Waals surface area contributed by atoms with Crippen LogP contribution < -0.4 is 10.6 Å². The minimum Gasteiger partial charge on any atom is -0.444 e. The molecule has 0 saturated heterocycles. The molecule has 0 saturated carbocycles. The van der Waals surface area contributed by atoms with Crippen molar-refractivity contribution in [1.29, 1.82) is 0 Å². The van der Waals surface area contributed by atoms with Crippen LogP contribution in [0.15, 0.2) is 24.4 Å². The second-order valence-electron chi connectivity index (χ2n) is 6.87. The first-order valence-corrected chi connectivity index (χ1v) is 7.84. The molecule has 1 aromatic heterocycles. The lowest BCUT2D eigenvalue weighted by molar-refractivity contribution is -0.123. The molecule has 0 aliphatic rings. The number of amides is 2. The van der Waals surface area contributed by atoms with E-state index in [1.54, 1.807) is 27.0 Å². The molecule has 1 heterocycles. The van der Waals surface area contributed by atoms with Gasteiger partial charge in [-0.3, -0.25) is 9.78 Å². The van der Waals surface area contributed by atoms with Crippen LogP contribution in [0.25, 0.3) is 0 Å². The third-order valence-electron chi connectivity index (χ3n) is 2.88. The van der Waals surface area contributed by atoms with E-state index in [9.17, 15) is 9.59 Å². The molecule has 6 nitrogen and oxygen atoms in total. The van der Waals surface area contributed by atoms with Crippen LogP contribution in [0.3, 0.4) is 0 Å². The number of hydrogen-bond acceptors (Lipinski definition) is 4. The maximum absolute atomic E-state index is 12.3. The number of carbonyl (C=O) groups excluding carboxylic acids is 2. The molecule has 1 rings (SSSR count). The predicted molar refractivity (Wildman–Crippen MR) is 88.7 cm³/mol. The lowest BCUT2D eigenvalue weighted by atomic mass is 10.0. The lowest BCUT2D eigenvalue weighted by Crippen LogP contribution is -2.48. The van der Waals surface area contributed by atoms with E-state index in [0.717, 1.165) is 5.69 Å². The van der Waals surface area contributed by atoms with Gasteiger partial charge in [-0.05, 0) is 45.2 Å². The van der Waals surface area contributed by atoms with E-state index >= 15 is 0 Å². The van der Waals surface area contributed by atoms with Gasteiger partial charge in [0.1, 0.15) is 11.6 Å². The van der Waals surface area contributed by atoms with Gasteiger partial charge in [-0.15, -0.1) is 0 Å². The predicted octanol–water partition coefficient (Wildman–Crippen LogP) is 2.64. The molecule has 2 N–H and O–H groups in total. The van der Waals surface area contributed by atoms with Gasteiger partial charge in [0.05, 0.1) is 12.2 Å². The third-order valence-corrected chi connectivity index (χ3v) is 2.88. The van der Waals surface area contributed by atoms with E-state index in [2.05, 4.69) is 15.6 Å². The molecular weight excluding hydrogens is 294 g/mol. The average molecular weight is 321 g/mol. The van der Waals surface area contributed by atoms with E-state index in [1.165, 1.54) is 0 Å². The van der Waals surface area contributed by atoms with E-state index in [-0.39, 0.29) is 11.8 Å². The summed E-state index contributed by atoms with van der Waals surface area (Å²) in [4.78, 5) is 28.4. The summed E-state index contributed by atoms with van der Waals surface area (Å²) in [5.41, 5.74) is 0.165. The summed E-state index contributed by atoms with van der Waals surface area (Å²) in [7, 11) is 0. The second kappa shape index (κ2) is 8.50. The van der Waals surface area contributed by atoms with E-state index in [4.69, 9.17) is 4.74 Å². The Balaban J connectivity index is 2.61. The molecule has 0 spiro atoms. The Labute approximate surface area is 138 Å². The number of aromatic nitrogens is 1. The summed E-state index contributed by atoms with van der Waals surface area (Å²) in [6.45, 7) is 9.66. The Morgan fingerprint density at radius 2 is 1.96 bits per heavy atom. The summed E-state index contributed by atoms with van der Waals surface area (Å²) >= 11 is 0. The zero-order valence-electron chi connectivity index (χ0n) is 14.6.